The molecule has 2 aromatic heterocycles. The second-order valence-electron chi connectivity index (χ2n) is 10.3. The van der Waals surface area contributed by atoms with Crippen LogP contribution in [0.15, 0.2) is 98.5 Å². The van der Waals surface area contributed by atoms with Crippen LogP contribution >= 0.6 is 27.3 Å². The number of rotatable bonds is 6. The van der Waals surface area contributed by atoms with E-state index in [-0.39, 0.29) is 19.0 Å². The van der Waals surface area contributed by atoms with Gasteiger partial charge in [-0.2, -0.15) is 0 Å². The number of fused-ring (bicyclic) bond motifs is 3. The molecule has 10 heteroatoms. The van der Waals surface area contributed by atoms with Gasteiger partial charge >= 0.3 is 5.97 Å². The van der Waals surface area contributed by atoms with Crippen LogP contribution in [0.5, 0.6) is 11.5 Å². The Morgan fingerprint density at radius 2 is 1.91 bits per heavy atom. The van der Waals surface area contributed by atoms with Gasteiger partial charge in [0, 0.05) is 33.7 Å². The number of hydrogen-bond acceptors (Lipinski definition) is 7. The van der Waals surface area contributed by atoms with Gasteiger partial charge in [0.2, 0.25) is 6.79 Å². The van der Waals surface area contributed by atoms with Crippen molar-refractivity contribution in [2.45, 2.75) is 26.4 Å². The van der Waals surface area contributed by atoms with E-state index >= 15 is 0 Å². The highest BCUT2D eigenvalue weighted by molar-refractivity contribution is 9.10. The number of benzene rings is 3. The number of para-hydroxylation sites is 1. The summed E-state index contributed by atoms with van der Waals surface area (Å²) >= 11 is 4.81. The molecule has 2 aliphatic rings. The summed E-state index contributed by atoms with van der Waals surface area (Å²) in [6, 6.07) is 21.2. The van der Waals surface area contributed by atoms with Gasteiger partial charge in [-0.1, -0.05) is 63.7 Å². The first-order valence-corrected chi connectivity index (χ1v) is 15.4. The third-order valence-electron chi connectivity index (χ3n) is 7.60. The molecule has 0 radical (unpaired) electrons. The summed E-state index contributed by atoms with van der Waals surface area (Å²) in [5.74, 6) is 0.682. The lowest BCUT2D eigenvalue weighted by molar-refractivity contribution is -0.139. The SMILES string of the molecule is CCOC(=O)C1=C(C)N=c2s/c(=C/c3cn(Cc4ccc(Br)cc4)c4ccccc34)c(=O)n2[C@@H]1c1ccc2c(c1)OCO2. The van der Waals surface area contributed by atoms with E-state index in [4.69, 9.17) is 19.2 Å². The van der Waals surface area contributed by atoms with Gasteiger partial charge < -0.3 is 18.8 Å². The van der Waals surface area contributed by atoms with Gasteiger partial charge in [-0.25, -0.2) is 9.79 Å². The van der Waals surface area contributed by atoms with Crippen molar-refractivity contribution in [1.82, 2.24) is 9.13 Å². The van der Waals surface area contributed by atoms with Crippen LogP contribution in [0.1, 0.15) is 36.6 Å². The second-order valence-corrected chi connectivity index (χ2v) is 12.2. The van der Waals surface area contributed by atoms with Crippen LogP contribution in [-0.4, -0.2) is 28.5 Å². The lowest BCUT2D eigenvalue weighted by Gasteiger charge is -2.24. The van der Waals surface area contributed by atoms with Crippen molar-refractivity contribution in [3.05, 3.63) is 125 Å². The van der Waals surface area contributed by atoms with E-state index in [1.54, 1.807) is 24.5 Å². The molecule has 0 unspecified atom stereocenters. The molecule has 0 saturated carbocycles. The first kappa shape index (κ1) is 27.4. The fourth-order valence-electron chi connectivity index (χ4n) is 5.64. The molecule has 0 fully saturated rings. The zero-order valence-corrected chi connectivity index (χ0v) is 25.8. The van der Waals surface area contributed by atoms with Crippen molar-refractivity contribution in [1.29, 1.82) is 0 Å². The topological polar surface area (TPSA) is 84.1 Å². The lowest BCUT2D eigenvalue weighted by atomic mass is 9.95. The third-order valence-corrected chi connectivity index (χ3v) is 9.11. The van der Waals surface area contributed by atoms with E-state index in [2.05, 4.69) is 51.0 Å². The van der Waals surface area contributed by atoms with Crippen molar-refractivity contribution >= 4 is 50.2 Å². The second kappa shape index (κ2) is 11.0. The van der Waals surface area contributed by atoms with Crippen LogP contribution in [0, 0.1) is 0 Å². The van der Waals surface area contributed by atoms with Crippen molar-refractivity contribution in [3.63, 3.8) is 0 Å². The predicted octanol–water partition coefficient (Wildman–Crippen LogP) is 5.29. The maximum Gasteiger partial charge on any atom is 0.338 e. The first-order chi connectivity index (χ1) is 20.9. The van der Waals surface area contributed by atoms with Crippen LogP contribution in [0.2, 0.25) is 0 Å². The Kier molecular flexibility index (Phi) is 7.03. The number of halogens is 1. The molecule has 4 heterocycles. The molecule has 1 atom stereocenters. The summed E-state index contributed by atoms with van der Waals surface area (Å²) < 4.78 is 21.9. The minimum atomic E-state index is -0.731. The lowest BCUT2D eigenvalue weighted by Crippen LogP contribution is -2.39. The maximum atomic E-state index is 14.2. The van der Waals surface area contributed by atoms with Gasteiger partial charge in [0.25, 0.3) is 5.56 Å². The van der Waals surface area contributed by atoms with Crippen molar-refractivity contribution in [3.8, 4) is 11.5 Å². The molecule has 3 aromatic carbocycles. The normalized spacial score (nSPS) is 16.0. The Labute approximate surface area is 258 Å². The molecule has 0 amide bonds. The number of thiazole rings is 1. The number of hydrogen-bond donors (Lipinski definition) is 0. The summed E-state index contributed by atoms with van der Waals surface area (Å²) in [5.41, 5.74) is 4.49. The summed E-state index contributed by atoms with van der Waals surface area (Å²) in [4.78, 5) is 32.6. The first-order valence-electron chi connectivity index (χ1n) is 13.8. The molecule has 8 nitrogen and oxygen atoms in total. The Bertz CT molecular complexity index is 2120. The number of allylic oxidation sites excluding steroid dienone is 1. The number of aromatic nitrogens is 2. The molecule has 0 saturated heterocycles. The average molecular weight is 657 g/mol. The van der Waals surface area contributed by atoms with E-state index < -0.39 is 12.0 Å². The molecule has 2 aliphatic heterocycles. The summed E-state index contributed by atoms with van der Waals surface area (Å²) in [7, 11) is 0. The fraction of sp³-hybridized carbons (Fsp3) is 0.182. The highest BCUT2D eigenvalue weighted by Crippen LogP contribution is 2.38. The molecular weight excluding hydrogens is 630 g/mol. The molecule has 0 spiro atoms. The Morgan fingerprint density at radius 1 is 1.12 bits per heavy atom. The van der Waals surface area contributed by atoms with Gasteiger partial charge in [-0.3, -0.25) is 9.36 Å². The van der Waals surface area contributed by atoms with E-state index in [1.165, 1.54) is 16.9 Å². The monoisotopic (exact) mass is 655 g/mol. The molecule has 5 aromatic rings. The van der Waals surface area contributed by atoms with Crippen LogP contribution < -0.4 is 24.4 Å². The smallest absolute Gasteiger partial charge is 0.338 e. The third kappa shape index (κ3) is 4.90. The van der Waals surface area contributed by atoms with Crippen LogP contribution in [0.25, 0.3) is 17.0 Å². The highest BCUT2D eigenvalue weighted by atomic mass is 79.9. The summed E-state index contributed by atoms with van der Waals surface area (Å²) in [6.45, 7) is 4.55. The molecule has 0 bridgehead atoms. The largest absolute Gasteiger partial charge is 0.463 e. The summed E-state index contributed by atoms with van der Waals surface area (Å²) in [6.07, 6.45) is 4.00. The quantitative estimate of drug-likeness (QED) is 0.232. The van der Waals surface area contributed by atoms with Crippen molar-refractivity contribution in [2.24, 2.45) is 4.99 Å². The zero-order valence-electron chi connectivity index (χ0n) is 23.4. The average Bonchev–Trinajstić information content (AvgIpc) is 3.69. The maximum absolute atomic E-state index is 14.2. The van der Waals surface area contributed by atoms with Crippen molar-refractivity contribution in [2.75, 3.05) is 13.4 Å². The molecule has 43 heavy (non-hydrogen) atoms. The fourth-order valence-corrected chi connectivity index (χ4v) is 6.94. The Hall–Kier alpha value is -4.41. The highest BCUT2D eigenvalue weighted by Gasteiger charge is 2.34. The van der Waals surface area contributed by atoms with E-state index in [1.807, 2.05) is 42.5 Å². The van der Waals surface area contributed by atoms with E-state index in [0.717, 1.165) is 20.9 Å². The van der Waals surface area contributed by atoms with Gasteiger partial charge in [0.05, 0.1) is 28.5 Å². The molecule has 0 aliphatic carbocycles. The van der Waals surface area contributed by atoms with E-state index in [9.17, 15) is 9.59 Å². The van der Waals surface area contributed by atoms with Crippen LogP contribution in [-0.2, 0) is 16.1 Å². The Balaban J connectivity index is 1.38. The molecular formula is C33H26BrN3O5S. The number of carbonyl (C=O) groups excluding carboxylic acids is 1. The zero-order chi connectivity index (χ0) is 29.7. The number of esters is 1. The molecule has 216 valence electrons. The number of nitrogens with zero attached hydrogens (tertiary/aromatic N) is 3. The summed E-state index contributed by atoms with van der Waals surface area (Å²) in [5, 5.41) is 1.04. The molecule has 0 N–H and O–H groups in total. The predicted molar refractivity (Wildman–Crippen MR) is 168 cm³/mol. The van der Waals surface area contributed by atoms with Gasteiger partial charge in [-0.15, -0.1) is 0 Å². The number of ether oxygens (including phenoxy) is 3. The minimum Gasteiger partial charge on any atom is -0.463 e. The van der Waals surface area contributed by atoms with Crippen molar-refractivity contribution < 1.29 is 19.0 Å². The van der Waals surface area contributed by atoms with Crippen LogP contribution in [0.4, 0.5) is 0 Å². The Morgan fingerprint density at radius 3 is 2.72 bits per heavy atom. The van der Waals surface area contributed by atoms with Gasteiger partial charge in [0.1, 0.15) is 0 Å². The van der Waals surface area contributed by atoms with Gasteiger partial charge in [0.15, 0.2) is 16.3 Å². The number of carbonyl (C=O) groups is 1. The minimum absolute atomic E-state index is 0.122. The molecule has 7 rings (SSSR count). The standard InChI is InChI=1S/C33H26BrN3O5S/c1-3-40-32(39)29-19(2)35-33-37(30(29)21-10-13-26-27(14-21)42-18-41-26)31(38)28(43-33)15-22-17-36(25-7-5-4-6-24(22)25)16-20-8-11-23(34)12-9-20/h4-15,17,30H,3,16,18H2,1-2H3/b28-15+/t30-/m1/s1. The van der Waals surface area contributed by atoms with E-state index in [0.29, 0.717) is 44.2 Å². The van der Waals surface area contributed by atoms with Crippen LogP contribution in [0.3, 0.4) is 0 Å². The van der Waals surface area contributed by atoms with Gasteiger partial charge in [-0.05, 0) is 61.4 Å².